The van der Waals surface area contributed by atoms with Crippen LogP contribution in [0.3, 0.4) is 0 Å². The van der Waals surface area contributed by atoms with Gasteiger partial charge in [0.2, 0.25) is 16.3 Å². The number of allylic oxidation sites excluding steroid dienone is 1. The first-order chi connectivity index (χ1) is 21.2. The van der Waals surface area contributed by atoms with Gasteiger partial charge in [0.05, 0.1) is 37.9 Å². The van der Waals surface area contributed by atoms with Gasteiger partial charge in [-0.3, -0.25) is 4.79 Å². The van der Waals surface area contributed by atoms with Crippen molar-refractivity contribution in [1.29, 1.82) is 0 Å². The molecule has 3 aliphatic rings. The quantitative estimate of drug-likeness (QED) is 0.320. The number of fused-ring (bicyclic) bond motifs is 2. The van der Waals surface area contributed by atoms with Crippen LogP contribution in [0.2, 0.25) is 0 Å². The first-order valence-electron chi connectivity index (χ1n) is 15.0. The number of hydrogen-bond donors (Lipinski definition) is 2. The molecule has 2 aliphatic carbocycles. The number of aliphatic hydroxyl groups excluding tert-OH is 1. The van der Waals surface area contributed by atoms with Crippen molar-refractivity contribution in [2.24, 2.45) is 11.8 Å². The van der Waals surface area contributed by atoms with Gasteiger partial charge in [-0.1, -0.05) is 18.6 Å². The van der Waals surface area contributed by atoms with Gasteiger partial charge < -0.3 is 29.4 Å². The molecule has 2 N–H and O–H groups in total. The zero-order chi connectivity index (χ0) is 31.3. The van der Waals surface area contributed by atoms with E-state index in [0.29, 0.717) is 29.6 Å². The summed E-state index contributed by atoms with van der Waals surface area (Å²) in [6.45, 7) is -0.552. The van der Waals surface area contributed by atoms with Crippen LogP contribution in [0.25, 0.3) is 0 Å². The molecule has 11 nitrogen and oxygen atoms in total. The molecule has 0 radical (unpaired) electrons. The fourth-order valence-electron chi connectivity index (χ4n) is 6.44. The Labute approximate surface area is 258 Å². The maximum absolute atomic E-state index is 13.4. The molecule has 1 amide bonds. The monoisotopic (exact) mass is 628 g/mol. The van der Waals surface area contributed by atoms with E-state index >= 15 is 0 Å². The van der Waals surface area contributed by atoms with Gasteiger partial charge in [-0.05, 0) is 79.1 Å². The number of hydrogen-bond acceptors (Lipinski definition) is 9. The third kappa shape index (κ3) is 7.26. The second-order valence-corrected chi connectivity index (χ2v) is 13.4. The van der Waals surface area contributed by atoms with E-state index in [1.807, 2.05) is 12.1 Å². The lowest BCUT2D eigenvalue weighted by atomic mass is 9.92. The number of carbonyl (C=O) groups is 2. The van der Waals surface area contributed by atoms with Crippen LogP contribution < -0.4 is 10.1 Å². The van der Waals surface area contributed by atoms with E-state index in [2.05, 4.69) is 5.32 Å². The molecule has 12 heteroatoms. The number of aliphatic hydroxyl groups is 1. The lowest BCUT2D eigenvalue weighted by molar-refractivity contribution is -0.147. The minimum atomic E-state index is -3.92. The van der Waals surface area contributed by atoms with Gasteiger partial charge in [0.15, 0.2) is 5.76 Å². The SMILES string of the molecule is COC(=O)c1ccc(C2C=C(C(=O)NC3CC4CCC3C4)OC(OCCN(CCO)S(=O)(=O)c3ccc(OC)cc3)C2)cc1. The Hall–Kier alpha value is -3.45. The number of benzene rings is 2. The Morgan fingerprint density at radius 1 is 1.00 bits per heavy atom. The zero-order valence-electron chi connectivity index (χ0n) is 25.0. The number of esters is 1. The summed E-state index contributed by atoms with van der Waals surface area (Å²) in [7, 11) is -1.10. The van der Waals surface area contributed by atoms with Crippen LogP contribution in [0.1, 0.15) is 53.9 Å². The summed E-state index contributed by atoms with van der Waals surface area (Å²) in [5, 5.41) is 12.8. The van der Waals surface area contributed by atoms with Gasteiger partial charge in [0.25, 0.3) is 5.91 Å². The van der Waals surface area contributed by atoms with Crippen LogP contribution in [0.5, 0.6) is 5.75 Å². The molecule has 44 heavy (non-hydrogen) atoms. The molecule has 5 atom stereocenters. The third-order valence-corrected chi connectivity index (χ3v) is 10.7. The number of sulfonamides is 1. The molecule has 5 unspecified atom stereocenters. The topological polar surface area (TPSA) is 141 Å². The van der Waals surface area contributed by atoms with Crippen molar-refractivity contribution in [3.8, 4) is 5.75 Å². The lowest BCUT2D eigenvalue weighted by Crippen LogP contribution is -2.41. The maximum atomic E-state index is 13.4. The molecule has 2 bridgehead atoms. The highest BCUT2D eigenvalue weighted by molar-refractivity contribution is 7.89. The fourth-order valence-corrected chi connectivity index (χ4v) is 7.86. The molecule has 2 aromatic carbocycles. The summed E-state index contributed by atoms with van der Waals surface area (Å²) in [5.74, 6) is 0.853. The fraction of sp³-hybridized carbons (Fsp3) is 0.500. The molecule has 1 aliphatic heterocycles. The second-order valence-electron chi connectivity index (χ2n) is 11.5. The number of methoxy groups -OCH3 is 2. The number of ether oxygens (including phenoxy) is 4. The summed E-state index contributed by atoms with van der Waals surface area (Å²) < 4.78 is 49.7. The highest BCUT2D eigenvalue weighted by Gasteiger charge is 2.41. The number of nitrogens with zero attached hydrogens (tertiary/aromatic N) is 1. The van der Waals surface area contributed by atoms with E-state index in [1.54, 1.807) is 30.3 Å². The maximum Gasteiger partial charge on any atom is 0.337 e. The van der Waals surface area contributed by atoms with E-state index < -0.39 is 22.3 Å². The first kappa shape index (κ1) is 32.0. The average Bonchev–Trinajstić information content (AvgIpc) is 3.67. The summed E-state index contributed by atoms with van der Waals surface area (Å²) >= 11 is 0. The summed E-state index contributed by atoms with van der Waals surface area (Å²) in [5.41, 5.74) is 1.28. The molecule has 0 saturated heterocycles. The van der Waals surface area contributed by atoms with Crippen molar-refractivity contribution < 1.29 is 42.1 Å². The lowest BCUT2D eigenvalue weighted by Gasteiger charge is -2.31. The van der Waals surface area contributed by atoms with Crippen LogP contribution in [-0.4, -0.2) is 82.6 Å². The van der Waals surface area contributed by atoms with Crippen LogP contribution in [0.4, 0.5) is 0 Å². The van der Waals surface area contributed by atoms with Crippen molar-refractivity contribution in [2.75, 3.05) is 40.5 Å². The number of amides is 1. The molecule has 2 fully saturated rings. The standard InChI is InChI=1S/C32H40N2O9S/c1-40-26-9-11-27(12-10-26)44(38,39)34(13-15-35)14-16-42-30-20-25(22-5-7-23(8-6-22)32(37)41-2)19-29(43-30)31(36)33-28-18-21-3-4-24(28)17-21/h5-12,19,21,24-25,28,30,35H,3-4,13-18,20H2,1-2H3,(H,33,36). The summed E-state index contributed by atoms with van der Waals surface area (Å²) in [4.78, 5) is 25.4. The largest absolute Gasteiger partial charge is 0.497 e. The highest BCUT2D eigenvalue weighted by atomic mass is 32.2. The zero-order valence-corrected chi connectivity index (χ0v) is 25.8. The minimum Gasteiger partial charge on any atom is -0.497 e. The Balaban J connectivity index is 1.28. The Morgan fingerprint density at radius 3 is 2.36 bits per heavy atom. The van der Waals surface area contributed by atoms with Crippen molar-refractivity contribution in [2.45, 2.75) is 55.2 Å². The van der Waals surface area contributed by atoms with Gasteiger partial charge in [-0.15, -0.1) is 0 Å². The van der Waals surface area contributed by atoms with Gasteiger partial charge in [0.1, 0.15) is 5.75 Å². The number of rotatable bonds is 13. The van der Waals surface area contributed by atoms with Crippen molar-refractivity contribution in [1.82, 2.24) is 9.62 Å². The Bertz CT molecular complexity index is 1440. The molecule has 0 spiro atoms. The highest BCUT2D eigenvalue weighted by Crippen LogP contribution is 2.44. The molecule has 238 valence electrons. The van der Waals surface area contributed by atoms with Crippen molar-refractivity contribution in [3.63, 3.8) is 0 Å². The minimum absolute atomic E-state index is 0.0324. The van der Waals surface area contributed by atoms with E-state index in [9.17, 15) is 23.1 Å². The second kappa shape index (κ2) is 14.1. The van der Waals surface area contributed by atoms with Crippen LogP contribution in [0, 0.1) is 11.8 Å². The van der Waals surface area contributed by atoms with Gasteiger partial charge in [-0.25, -0.2) is 13.2 Å². The van der Waals surface area contributed by atoms with Crippen molar-refractivity contribution in [3.05, 3.63) is 71.5 Å². The van der Waals surface area contributed by atoms with Gasteiger partial charge in [-0.2, -0.15) is 4.31 Å². The average molecular weight is 629 g/mol. The predicted octanol–water partition coefficient (Wildman–Crippen LogP) is 3.20. The van der Waals surface area contributed by atoms with Crippen molar-refractivity contribution >= 4 is 21.9 Å². The Morgan fingerprint density at radius 2 is 1.75 bits per heavy atom. The Kier molecular flexibility index (Phi) is 10.2. The van der Waals surface area contributed by atoms with E-state index in [0.717, 1.165) is 29.1 Å². The van der Waals surface area contributed by atoms with Crippen LogP contribution >= 0.6 is 0 Å². The molecule has 1 heterocycles. The molecule has 5 rings (SSSR count). The van der Waals surface area contributed by atoms with Gasteiger partial charge >= 0.3 is 5.97 Å². The molecular formula is C32H40N2O9S. The van der Waals surface area contributed by atoms with E-state index in [1.165, 1.54) is 32.8 Å². The normalized spacial score (nSPS) is 24.5. The van der Waals surface area contributed by atoms with E-state index in [4.69, 9.17) is 18.9 Å². The summed E-state index contributed by atoms with van der Waals surface area (Å²) in [6, 6.07) is 13.1. The van der Waals surface area contributed by atoms with E-state index in [-0.39, 0.29) is 54.8 Å². The van der Waals surface area contributed by atoms with Crippen LogP contribution in [-0.2, 0) is 29.0 Å². The molecule has 2 saturated carbocycles. The molecular weight excluding hydrogens is 588 g/mol. The molecule has 2 aromatic rings. The first-order valence-corrected chi connectivity index (χ1v) is 16.4. The molecule has 0 aromatic heterocycles. The van der Waals surface area contributed by atoms with Gasteiger partial charge in [0, 0.05) is 31.5 Å². The number of carbonyl (C=O) groups excluding carboxylic acids is 2. The number of nitrogens with one attached hydrogen (secondary N) is 1. The third-order valence-electron chi connectivity index (χ3n) is 8.79. The van der Waals surface area contributed by atoms with Crippen LogP contribution in [0.15, 0.2) is 65.3 Å². The summed E-state index contributed by atoms with van der Waals surface area (Å²) in [6.07, 6.45) is 5.79. The smallest absolute Gasteiger partial charge is 0.337 e. The predicted molar refractivity (Wildman–Crippen MR) is 160 cm³/mol.